The SMILES string of the molecule is Cc1cccc(-c2noc(-c3ccc(=O)n(CC(=O)Nc4cccc(C#N)c4)c3)n2)c1. The summed E-state index contributed by atoms with van der Waals surface area (Å²) in [5.74, 6) is 0.277. The van der Waals surface area contributed by atoms with Gasteiger partial charge in [-0.25, -0.2) is 0 Å². The normalized spacial score (nSPS) is 10.5. The summed E-state index contributed by atoms with van der Waals surface area (Å²) in [6, 6.07) is 19.2. The van der Waals surface area contributed by atoms with E-state index in [2.05, 4.69) is 15.5 Å². The van der Waals surface area contributed by atoms with Crippen molar-refractivity contribution in [3.63, 3.8) is 0 Å². The molecule has 1 amide bonds. The number of anilines is 1. The Kier molecular flexibility index (Phi) is 5.41. The van der Waals surface area contributed by atoms with Crippen LogP contribution in [0.2, 0.25) is 0 Å². The molecule has 4 rings (SSSR count). The highest BCUT2D eigenvalue weighted by atomic mass is 16.5. The van der Waals surface area contributed by atoms with Gasteiger partial charge in [0, 0.05) is 23.5 Å². The second-order valence-corrected chi connectivity index (χ2v) is 6.92. The fourth-order valence-electron chi connectivity index (χ4n) is 3.05. The second kappa shape index (κ2) is 8.47. The number of pyridine rings is 1. The van der Waals surface area contributed by atoms with Crippen molar-refractivity contribution in [2.75, 3.05) is 5.32 Å². The minimum absolute atomic E-state index is 0.206. The number of aromatic nitrogens is 3. The zero-order chi connectivity index (χ0) is 21.8. The number of rotatable bonds is 5. The molecule has 0 unspecified atom stereocenters. The number of aryl methyl sites for hydroxylation is 1. The minimum atomic E-state index is -0.402. The second-order valence-electron chi connectivity index (χ2n) is 6.92. The van der Waals surface area contributed by atoms with E-state index in [9.17, 15) is 9.59 Å². The van der Waals surface area contributed by atoms with E-state index in [0.717, 1.165) is 11.1 Å². The lowest BCUT2D eigenvalue weighted by atomic mass is 10.1. The molecule has 2 aromatic heterocycles. The number of nitrogens with one attached hydrogen (secondary N) is 1. The van der Waals surface area contributed by atoms with Gasteiger partial charge in [-0.2, -0.15) is 10.2 Å². The maximum atomic E-state index is 12.4. The number of carbonyl (C=O) groups excluding carboxylic acids is 1. The summed E-state index contributed by atoms with van der Waals surface area (Å²) in [7, 11) is 0. The van der Waals surface area contributed by atoms with Crippen LogP contribution in [0.3, 0.4) is 0 Å². The van der Waals surface area contributed by atoms with Gasteiger partial charge in [-0.15, -0.1) is 0 Å². The molecule has 8 nitrogen and oxygen atoms in total. The first-order chi connectivity index (χ1) is 15.0. The molecule has 2 aromatic carbocycles. The number of hydrogen-bond donors (Lipinski definition) is 1. The first kappa shape index (κ1) is 19.8. The molecule has 2 heterocycles. The van der Waals surface area contributed by atoms with Crippen molar-refractivity contribution in [2.45, 2.75) is 13.5 Å². The Morgan fingerprint density at radius 3 is 2.77 bits per heavy atom. The Labute approximate surface area is 177 Å². The standard InChI is InChI=1S/C23H17N5O3/c1-15-4-2-6-17(10-15)22-26-23(31-27-22)18-8-9-21(30)28(13-18)14-20(29)25-19-7-3-5-16(11-19)12-24/h2-11,13H,14H2,1H3,(H,25,29). The van der Waals surface area contributed by atoms with Gasteiger partial charge in [0.2, 0.25) is 11.7 Å². The van der Waals surface area contributed by atoms with Crippen LogP contribution >= 0.6 is 0 Å². The molecule has 0 radical (unpaired) electrons. The molecular formula is C23H17N5O3. The van der Waals surface area contributed by atoms with E-state index < -0.39 is 5.91 Å². The fraction of sp³-hybridized carbons (Fsp3) is 0.0870. The van der Waals surface area contributed by atoms with Crippen molar-refractivity contribution < 1.29 is 9.32 Å². The van der Waals surface area contributed by atoms with Gasteiger partial charge in [-0.05, 0) is 37.3 Å². The van der Waals surface area contributed by atoms with E-state index in [1.807, 2.05) is 37.3 Å². The number of benzene rings is 2. The molecule has 0 aliphatic rings. The van der Waals surface area contributed by atoms with E-state index in [1.165, 1.54) is 16.8 Å². The molecule has 0 saturated carbocycles. The molecule has 152 valence electrons. The summed E-state index contributed by atoms with van der Waals surface area (Å²) in [5, 5.41) is 15.7. The van der Waals surface area contributed by atoms with Crippen LogP contribution in [0.4, 0.5) is 5.69 Å². The highest BCUT2D eigenvalue weighted by Gasteiger charge is 2.13. The summed E-state index contributed by atoms with van der Waals surface area (Å²) >= 11 is 0. The largest absolute Gasteiger partial charge is 0.334 e. The lowest BCUT2D eigenvalue weighted by Gasteiger charge is -2.08. The van der Waals surface area contributed by atoms with Gasteiger partial charge in [0.15, 0.2) is 0 Å². The molecule has 4 aromatic rings. The predicted molar refractivity (Wildman–Crippen MR) is 114 cm³/mol. The van der Waals surface area contributed by atoms with Gasteiger partial charge in [0.05, 0.1) is 17.2 Å². The monoisotopic (exact) mass is 411 g/mol. The Bertz CT molecular complexity index is 1360. The lowest BCUT2D eigenvalue weighted by molar-refractivity contribution is -0.116. The quantitative estimate of drug-likeness (QED) is 0.538. The Morgan fingerprint density at radius 2 is 1.97 bits per heavy atom. The predicted octanol–water partition coefficient (Wildman–Crippen LogP) is 3.38. The van der Waals surface area contributed by atoms with Crippen molar-refractivity contribution in [3.8, 4) is 28.9 Å². The summed E-state index contributed by atoms with van der Waals surface area (Å²) in [6.07, 6.45) is 1.50. The summed E-state index contributed by atoms with van der Waals surface area (Å²) < 4.78 is 6.62. The van der Waals surface area contributed by atoms with Gasteiger partial charge in [0.1, 0.15) is 6.54 Å². The first-order valence-corrected chi connectivity index (χ1v) is 9.43. The van der Waals surface area contributed by atoms with Crippen LogP contribution in [0.25, 0.3) is 22.8 Å². The molecule has 0 saturated heterocycles. The molecular weight excluding hydrogens is 394 g/mol. The van der Waals surface area contributed by atoms with Gasteiger partial charge in [0.25, 0.3) is 11.4 Å². The van der Waals surface area contributed by atoms with Crippen LogP contribution in [0.1, 0.15) is 11.1 Å². The first-order valence-electron chi connectivity index (χ1n) is 9.43. The number of nitriles is 1. The van der Waals surface area contributed by atoms with Gasteiger partial charge in [-0.1, -0.05) is 35.0 Å². The average molecular weight is 411 g/mol. The minimum Gasteiger partial charge on any atom is -0.334 e. The average Bonchev–Trinajstić information content (AvgIpc) is 3.26. The Hall–Kier alpha value is -4.51. The van der Waals surface area contributed by atoms with Gasteiger partial charge in [-0.3, -0.25) is 9.59 Å². The van der Waals surface area contributed by atoms with Crippen LogP contribution in [0, 0.1) is 18.3 Å². The van der Waals surface area contributed by atoms with E-state index in [-0.39, 0.29) is 18.0 Å². The smallest absolute Gasteiger partial charge is 0.259 e. The fourth-order valence-corrected chi connectivity index (χ4v) is 3.05. The maximum absolute atomic E-state index is 12.4. The van der Waals surface area contributed by atoms with E-state index in [1.54, 1.807) is 30.3 Å². The van der Waals surface area contributed by atoms with Crippen LogP contribution in [0.15, 0.2) is 76.2 Å². The molecule has 8 heteroatoms. The molecule has 0 spiro atoms. The Morgan fingerprint density at radius 1 is 1.13 bits per heavy atom. The third-order valence-electron chi connectivity index (χ3n) is 4.52. The third-order valence-corrected chi connectivity index (χ3v) is 4.52. The number of nitrogens with zero attached hydrogens (tertiary/aromatic N) is 4. The molecule has 31 heavy (non-hydrogen) atoms. The van der Waals surface area contributed by atoms with Crippen molar-refractivity contribution in [1.29, 1.82) is 5.26 Å². The zero-order valence-corrected chi connectivity index (χ0v) is 16.6. The molecule has 0 bridgehead atoms. The summed E-state index contributed by atoms with van der Waals surface area (Å²) in [5.41, 5.74) is 2.98. The number of carbonyl (C=O) groups is 1. The van der Waals surface area contributed by atoms with Crippen molar-refractivity contribution >= 4 is 11.6 Å². The van der Waals surface area contributed by atoms with Crippen molar-refractivity contribution in [2.24, 2.45) is 0 Å². The highest BCUT2D eigenvalue weighted by Crippen LogP contribution is 2.22. The van der Waals surface area contributed by atoms with E-state index in [0.29, 0.717) is 22.6 Å². The van der Waals surface area contributed by atoms with Gasteiger partial charge < -0.3 is 14.4 Å². The van der Waals surface area contributed by atoms with Crippen LogP contribution in [0.5, 0.6) is 0 Å². The number of amides is 1. The molecule has 1 N–H and O–H groups in total. The van der Waals surface area contributed by atoms with Crippen LogP contribution < -0.4 is 10.9 Å². The topological polar surface area (TPSA) is 114 Å². The molecule has 0 atom stereocenters. The van der Waals surface area contributed by atoms with Gasteiger partial charge >= 0.3 is 0 Å². The zero-order valence-electron chi connectivity index (χ0n) is 16.6. The summed E-state index contributed by atoms with van der Waals surface area (Å²) in [6.45, 7) is 1.77. The summed E-state index contributed by atoms with van der Waals surface area (Å²) in [4.78, 5) is 29.0. The highest BCUT2D eigenvalue weighted by molar-refractivity contribution is 5.90. The molecule has 0 aliphatic carbocycles. The lowest BCUT2D eigenvalue weighted by Crippen LogP contribution is -2.26. The van der Waals surface area contributed by atoms with Crippen molar-refractivity contribution in [3.05, 3.63) is 88.3 Å². The van der Waals surface area contributed by atoms with Crippen LogP contribution in [-0.4, -0.2) is 20.6 Å². The van der Waals surface area contributed by atoms with E-state index in [4.69, 9.17) is 9.78 Å². The van der Waals surface area contributed by atoms with Crippen LogP contribution in [-0.2, 0) is 11.3 Å². The third kappa shape index (κ3) is 4.57. The molecule has 0 aliphatic heterocycles. The van der Waals surface area contributed by atoms with Crippen molar-refractivity contribution in [1.82, 2.24) is 14.7 Å². The maximum Gasteiger partial charge on any atom is 0.259 e. The molecule has 0 fully saturated rings. The number of hydrogen-bond acceptors (Lipinski definition) is 6. The van der Waals surface area contributed by atoms with E-state index >= 15 is 0 Å². The Balaban J connectivity index is 1.54.